The number of pyridine rings is 1. The van der Waals surface area contributed by atoms with E-state index in [1.54, 1.807) is 6.07 Å². The molecule has 0 spiro atoms. The van der Waals surface area contributed by atoms with Gasteiger partial charge in [-0.25, -0.2) is 8.78 Å². The highest BCUT2D eigenvalue weighted by atomic mass is 19.4. The van der Waals surface area contributed by atoms with Gasteiger partial charge in [0, 0.05) is 5.56 Å². The van der Waals surface area contributed by atoms with E-state index in [4.69, 9.17) is 5.26 Å². The maximum absolute atomic E-state index is 12.5. The molecule has 0 N–H and O–H groups in total. The van der Waals surface area contributed by atoms with Gasteiger partial charge in [0.15, 0.2) is 0 Å². The van der Waals surface area contributed by atoms with Crippen molar-refractivity contribution >= 4 is 0 Å². The first-order chi connectivity index (χ1) is 7.77. The van der Waals surface area contributed by atoms with E-state index in [0.29, 0.717) is 6.07 Å². The van der Waals surface area contributed by atoms with Crippen molar-refractivity contribution in [2.75, 3.05) is 0 Å². The second-order valence-electron chi connectivity index (χ2n) is 3.30. The molecule has 0 radical (unpaired) electrons. The molecule has 0 aliphatic rings. The molecule has 2 nitrogen and oxygen atoms in total. The molecule has 1 aromatic heterocycles. The molecule has 7 heteroatoms. The Morgan fingerprint density at radius 2 is 2.00 bits per heavy atom. The van der Waals surface area contributed by atoms with Crippen LogP contribution in [-0.4, -0.2) is 4.98 Å². The molecule has 0 amide bonds. The van der Waals surface area contributed by atoms with Crippen LogP contribution in [0.4, 0.5) is 22.0 Å². The molecule has 0 aliphatic heterocycles. The van der Waals surface area contributed by atoms with Crippen molar-refractivity contribution < 1.29 is 22.0 Å². The summed E-state index contributed by atoms with van der Waals surface area (Å²) in [6, 6.07) is 2.28. The van der Waals surface area contributed by atoms with Crippen LogP contribution in [0.1, 0.15) is 28.9 Å². The molecule has 1 rings (SSSR count). The summed E-state index contributed by atoms with van der Waals surface area (Å²) in [5.41, 5.74) is -3.18. The molecule has 92 valence electrons. The lowest BCUT2D eigenvalue weighted by Gasteiger charge is -2.15. The third-order valence-corrected chi connectivity index (χ3v) is 2.06. The number of aryl methyl sites for hydroxylation is 1. The van der Waals surface area contributed by atoms with Crippen LogP contribution in [-0.2, 0) is 12.6 Å². The van der Waals surface area contributed by atoms with Crippen molar-refractivity contribution in [1.82, 2.24) is 4.98 Å². The molecule has 0 unspecified atom stereocenters. The van der Waals surface area contributed by atoms with Crippen molar-refractivity contribution in [3.8, 4) is 6.07 Å². The predicted octanol–water partition coefficient (Wildman–Crippen LogP) is 3.41. The van der Waals surface area contributed by atoms with Crippen LogP contribution in [0.2, 0.25) is 0 Å². The summed E-state index contributed by atoms with van der Waals surface area (Å²) < 4.78 is 62.7. The summed E-state index contributed by atoms with van der Waals surface area (Å²) in [6.07, 6.45) is -8.45. The summed E-state index contributed by atoms with van der Waals surface area (Å²) in [6.45, 7) is 0.996. The van der Waals surface area contributed by atoms with Gasteiger partial charge in [0.1, 0.15) is 0 Å². The van der Waals surface area contributed by atoms with E-state index in [2.05, 4.69) is 4.98 Å². The monoisotopic (exact) mass is 250 g/mol. The summed E-state index contributed by atoms with van der Waals surface area (Å²) in [5.74, 6) is 0. The van der Waals surface area contributed by atoms with Crippen molar-refractivity contribution in [3.63, 3.8) is 0 Å². The van der Waals surface area contributed by atoms with Gasteiger partial charge in [-0.15, -0.1) is 0 Å². The lowest BCUT2D eigenvalue weighted by Crippen LogP contribution is -2.14. The molecule has 0 fully saturated rings. The van der Waals surface area contributed by atoms with Gasteiger partial charge in [-0.3, -0.25) is 4.98 Å². The minimum atomic E-state index is -4.88. The van der Waals surface area contributed by atoms with E-state index in [0.717, 1.165) is 6.92 Å². The van der Waals surface area contributed by atoms with E-state index < -0.39 is 29.4 Å². The van der Waals surface area contributed by atoms with Gasteiger partial charge >= 0.3 is 6.18 Å². The first-order valence-corrected chi connectivity index (χ1v) is 4.50. The number of alkyl halides is 5. The molecule has 0 aromatic carbocycles. The fourth-order valence-electron chi connectivity index (χ4n) is 1.48. The minimum absolute atomic E-state index is 0.0895. The minimum Gasteiger partial charge on any atom is -0.256 e. The molecule has 0 atom stereocenters. The molecule has 1 heterocycles. The van der Waals surface area contributed by atoms with E-state index >= 15 is 0 Å². The first kappa shape index (κ1) is 13.4. The normalized spacial score (nSPS) is 11.6. The lowest BCUT2D eigenvalue weighted by molar-refractivity contribution is -0.140. The van der Waals surface area contributed by atoms with E-state index in [1.165, 1.54) is 0 Å². The van der Waals surface area contributed by atoms with Crippen LogP contribution in [0.15, 0.2) is 6.07 Å². The Kier molecular flexibility index (Phi) is 3.66. The number of aromatic nitrogens is 1. The summed E-state index contributed by atoms with van der Waals surface area (Å²) >= 11 is 0. The molecule has 0 bridgehead atoms. The fraction of sp³-hybridized carbons (Fsp3) is 0.400. The number of hydrogen-bond acceptors (Lipinski definition) is 2. The maximum atomic E-state index is 12.5. The number of nitriles is 1. The Bertz CT molecular complexity index is 459. The van der Waals surface area contributed by atoms with Gasteiger partial charge in [0.25, 0.3) is 6.43 Å². The molecule has 0 saturated carbocycles. The second kappa shape index (κ2) is 4.65. The van der Waals surface area contributed by atoms with Gasteiger partial charge in [-0.05, 0) is 13.0 Å². The molecule has 1 aromatic rings. The maximum Gasteiger partial charge on any atom is 0.418 e. The highest BCUT2D eigenvalue weighted by Gasteiger charge is 2.38. The van der Waals surface area contributed by atoms with Gasteiger partial charge in [-0.2, -0.15) is 18.4 Å². The largest absolute Gasteiger partial charge is 0.418 e. The molecule has 17 heavy (non-hydrogen) atoms. The highest BCUT2D eigenvalue weighted by Crippen LogP contribution is 2.38. The molecule has 0 saturated heterocycles. The summed E-state index contributed by atoms with van der Waals surface area (Å²) in [5, 5.41) is 8.37. The van der Waals surface area contributed by atoms with Gasteiger partial charge in [0.05, 0.1) is 29.4 Å². The SMILES string of the molecule is Cc1nc(CC#N)cc(C(F)F)c1C(F)(F)F. The Morgan fingerprint density at radius 3 is 2.41 bits per heavy atom. The Balaban J connectivity index is 3.45. The third kappa shape index (κ3) is 2.90. The van der Waals surface area contributed by atoms with E-state index in [-0.39, 0.29) is 12.1 Å². The lowest BCUT2D eigenvalue weighted by atomic mass is 10.0. The van der Waals surface area contributed by atoms with E-state index in [1.807, 2.05) is 0 Å². The standard InChI is InChI=1S/C10H7F5N2/c1-5-8(10(13,14)15)7(9(11)12)4-6(17-5)2-3-16/h4,9H,2H2,1H3. The van der Waals surface area contributed by atoms with Crippen LogP contribution in [0.25, 0.3) is 0 Å². The smallest absolute Gasteiger partial charge is 0.256 e. The summed E-state index contributed by atoms with van der Waals surface area (Å²) in [7, 11) is 0. The van der Waals surface area contributed by atoms with Gasteiger partial charge in [-0.1, -0.05) is 0 Å². The Hall–Kier alpha value is -1.71. The fourth-order valence-corrected chi connectivity index (χ4v) is 1.48. The predicted molar refractivity (Wildman–Crippen MR) is 48.3 cm³/mol. The zero-order chi connectivity index (χ0) is 13.2. The highest BCUT2D eigenvalue weighted by molar-refractivity contribution is 5.36. The van der Waals surface area contributed by atoms with Crippen LogP contribution in [0.3, 0.4) is 0 Å². The Labute approximate surface area is 93.7 Å². The van der Waals surface area contributed by atoms with Crippen molar-refractivity contribution in [1.29, 1.82) is 5.26 Å². The third-order valence-electron chi connectivity index (χ3n) is 2.06. The number of rotatable bonds is 2. The van der Waals surface area contributed by atoms with Crippen LogP contribution in [0, 0.1) is 18.3 Å². The van der Waals surface area contributed by atoms with Crippen LogP contribution < -0.4 is 0 Å². The second-order valence-corrected chi connectivity index (χ2v) is 3.30. The van der Waals surface area contributed by atoms with Crippen molar-refractivity contribution in [2.24, 2.45) is 0 Å². The zero-order valence-electron chi connectivity index (χ0n) is 8.65. The average molecular weight is 250 g/mol. The van der Waals surface area contributed by atoms with E-state index in [9.17, 15) is 22.0 Å². The number of nitrogens with zero attached hydrogens (tertiary/aromatic N) is 2. The van der Waals surface area contributed by atoms with Crippen molar-refractivity contribution in [3.05, 3.63) is 28.6 Å². The average Bonchev–Trinajstić information content (AvgIpc) is 2.14. The first-order valence-electron chi connectivity index (χ1n) is 4.50. The Morgan fingerprint density at radius 1 is 1.41 bits per heavy atom. The molecular weight excluding hydrogens is 243 g/mol. The van der Waals surface area contributed by atoms with Crippen LogP contribution >= 0.6 is 0 Å². The molecular formula is C10H7F5N2. The summed E-state index contributed by atoms with van der Waals surface area (Å²) in [4.78, 5) is 3.50. The van der Waals surface area contributed by atoms with Crippen LogP contribution in [0.5, 0.6) is 0 Å². The zero-order valence-corrected chi connectivity index (χ0v) is 8.65. The van der Waals surface area contributed by atoms with Crippen molar-refractivity contribution in [2.45, 2.75) is 25.9 Å². The quantitative estimate of drug-likeness (QED) is 0.754. The van der Waals surface area contributed by atoms with Gasteiger partial charge in [0.2, 0.25) is 0 Å². The molecule has 0 aliphatic carbocycles. The number of halogens is 5. The topological polar surface area (TPSA) is 36.7 Å². The van der Waals surface area contributed by atoms with Gasteiger partial charge < -0.3 is 0 Å². The number of hydrogen-bond donors (Lipinski definition) is 0.